The van der Waals surface area contributed by atoms with Crippen LogP contribution in [0.4, 0.5) is 0 Å². The van der Waals surface area contributed by atoms with Gasteiger partial charge in [0.05, 0.1) is 0 Å². The predicted molar refractivity (Wildman–Crippen MR) is 83.2 cm³/mol. The van der Waals surface area contributed by atoms with Gasteiger partial charge in [0.1, 0.15) is 6.54 Å². The van der Waals surface area contributed by atoms with Crippen molar-refractivity contribution in [3.05, 3.63) is 72.1 Å². The fourth-order valence-electron chi connectivity index (χ4n) is 2.96. The van der Waals surface area contributed by atoms with Gasteiger partial charge in [-0.2, -0.15) is 0 Å². The summed E-state index contributed by atoms with van der Waals surface area (Å²) in [5, 5.41) is 0. The minimum absolute atomic E-state index is 1.13. The lowest BCUT2D eigenvalue weighted by Gasteiger charge is -2.05. The fraction of sp³-hybridized carbons (Fsp3) is 0.316. The van der Waals surface area contributed by atoms with Crippen molar-refractivity contribution < 1.29 is 4.57 Å². The SMILES string of the molecule is C1=C(CCCCC[n+]2ccccc2)c2ccccc2C1. The zero-order chi connectivity index (χ0) is 13.6. The van der Waals surface area contributed by atoms with Crippen molar-refractivity contribution in [1.29, 1.82) is 0 Å². The van der Waals surface area contributed by atoms with Gasteiger partial charge in [0.15, 0.2) is 12.4 Å². The van der Waals surface area contributed by atoms with E-state index in [-0.39, 0.29) is 0 Å². The molecule has 0 N–H and O–H groups in total. The Morgan fingerprint density at radius 2 is 1.70 bits per heavy atom. The average molecular weight is 264 g/mol. The molecule has 1 nitrogen and oxygen atoms in total. The molecule has 0 atom stereocenters. The Kier molecular flexibility index (Phi) is 4.27. The van der Waals surface area contributed by atoms with E-state index in [1.54, 1.807) is 5.57 Å². The van der Waals surface area contributed by atoms with Crippen molar-refractivity contribution in [2.45, 2.75) is 38.6 Å². The largest absolute Gasteiger partial charge is 0.205 e. The lowest BCUT2D eigenvalue weighted by atomic mass is 10.0. The Morgan fingerprint density at radius 1 is 0.850 bits per heavy atom. The van der Waals surface area contributed by atoms with E-state index < -0.39 is 0 Å². The number of unbranched alkanes of at least 4 members (excludes halogenated alkanes) is 2. The van der Waals surface area contributed by atoms with Crippen LogP contribution in [0.5, 0.6) is 0 Å². The fourth-order valence-corrected chi connectivity index (χ4v) is 2.96. The highest BCUT2D eigenvalue weighted by Crippen LogP contribution is 2.30. The Bertz CT molecular complexity index is 584. The highest BCUT2D eigenvalue weighted by molar-refractivity contribution is 5.72. The zero-order valence-corrected chi connectivity index (χ0v) is 12.0. The molecule has 1 heterocycles. The highest BCUT2D eigenvalue weighted by Gasteiger charge is 2.12. The molecular formula is C19H22N+. The van der Waals surface area contributed by atoms with Crippen LogP contribution in [-0.4, -0.2) is 0 Å². The van der Waals surface area contributed by atoms with Crippen LogP contribution in [-0.2, 0) is 13.0 Å². The third-order valence-corrected chi connectivity index (χ3v) is 4.07. The van der Waals surface area contributed by atoms with Gasteiger partial charge in [-0.1, -0.05) is 36.4 Å². The van der Waals surface area contributed by atoms with E-state index in [1.807, 2.05) is 0 Å². The Balaban J connectivity index is 1.41. The maximum Gasteiger partial charge on any atom is 0.168 e. The molecule has 1 aliphatic carbocycles. The number of allylic oxidation sites excluding steroid dienone is 2. The van der Waals surface area contributed by atoms with Crippen LogP contribution in [0.3, 0.4) is 0 Å². The second-order valence-electron chi connectivity index (χ2n) is 5.51. The van der Waals surface area contributed by atoms with Gasteiger partial charge in [-0.05, 0) is 42.4 Å². The van der Waals surface area contributed by atoms with Gasteiger partial charge in [0.2, 0.25) is 0 Å². The maximum atomic E-state index is 2.41. The molecule has 1 heteroatoms. The number of nitrogens with zero attached hydrogens (tertiary/aromatic N) is 1. The number of hydrogen-bond donors (Lipinski definition) is 0. The summed E-state index contributed by atoms with van der Waals surface area (Å²) in [4.78, 5) is 0. The van der Waals surface area contributed by atoms with E-state index in [4.69, 9.17) is 0 Å². The Morgan fingerprint density at radius 3 is 2.60 bits per heavy atom. The first kappa shape index (κ1) is 13.1. The summed E-state index contributed by atoms with van der Waals surface area (Å²) in [6.07, 6.45) is 12.9. The number of aromatic nitrogens is 1. The van der Waals surface area contributed by atoms with Gasteiger partial charge in [0, 0.05) is 18.6 Å². The zero-order valence-electron chi connectivity index (χ0n) is 12.0. The lowest BCUT2D eigenvalue weighted by Crippen LogP contribution is -2.32. The average Bonchev–Trinajstić information content (AvgIpc) is 2.91. The molecule has 0 fully saturated rings. The Labute approximate surface area is 121 Å². The van der Waals surface area contributed by atoms with Gasteiger partial charge < -0.3 is 0 Å². The molecule has 1 aromatic heterocycles. The van der Waals surface area contributed by atoms with Crippen LogP contribution in [0, 0.1) is 0 Å². The van der Waals surface area contributed by atoms with E-state index in [9.17, 15) is 0 Å². The molecule has 3 rings (SSSR count). The standard InChI is InChI=1S/C19H22N/c1(6-14-20-15-7-2-8-16-20)3-9-17-12-13-18-10-4-5-11-19(17)18/h2,4-5,7-8,10-12,15-16H,1,3,6,9,13-14H2/q+1. The number of hydrogen-bond acceptors (Lipinski definition) is 0. The summed E-state index contributed by atoms with van der Waals surface area (Å²) in [6, 6.07) is 15.1. The molecule has 1 aliphatic rings. The van der Waals surface area contributed by atoms with E-state index in [0.29, 0.717) is 0 Å². The summed E-state index contributed by atoms with van der Waals surface area (Å²) in [6.45, 7) is 1.14. The number of rotatable bonds is 6. The molecule has 0 saturated heterocycles. The summed E-state index contributed by atoms with van der Waals surface area (Å²) in [5.41, 5.74) is 4.56. The Hall–Kier alpha value is -1.89. The molecule has 1 aromatic carbocycles. The topological polar surface area (TPSA) is 3.88 Å². The van der Waals surface area contributed by atoms with E-state index >= 15 is 0 Å². The lowest BCUT2D eigenvalue weighted by molar-refractivity contribution is -0.697. The molecule has 0 unspecified atom stereocenters. The van der Waals surface area contributed by atoms with E-state index in [1.165, 1.54) is 36.8 Å². The van der Waals surface area contributed by atoms with Crippen LogP contribution in [0.1, 0.15) is 36.8 Å². The molecule has 0 saturated carbocycles. The molecule has 0 spiro atoms. The minimum Gasteiger partial charge on any atom is -0.205 e. The molecule has 2 aromatic rings. The molecule has 0 radical (unpaired) electrons. The van der Waals surface area contributed by atoms with Gasteiger partial charge in [-0.3, -0.25) is 0 Å². The third kappa shape index (κ3) is 3.16. The summed E-state index contributed by atoms with van der Waals surface area (Å²) in [7, 11) is 0. The third-order valence-electron chi connectivity index (χ3n) is 4.07. The summed E-state index contributed by atoms with van der Waals surface area (Å²) in [5.74, 6) is 0. The van der Waals surface area contributed by atoms with Crippen LogP contribution in [0.2, 0.25) is 0 Å². The van der Waals surface area contributed by atoms with Crippen LogP contribution >= 0.6 is 0 Å². The van der Waals surface area contributed by atoms with Crippen LogP contribution in [0.15, 0.2) is 60.9 Å². The van der Waals surface area contributed by atoms with Crippen molar-refractivity contribution >= 4 is 5.57 Å². The summed E-state index contributed by atoms with van der Waals surface area (Å²) < 4.78 is 2.27. The maximum absolute atomic E-state index is 2.41. The van der Waals surface area contributed by atoms with Gasteiger partial charge >= 0.3 is 0 Å². The van der Waals surface area contributed by atoms with E-state index in [2.05, 4.69) is 65.5 Å². The van der Waals surface area contributed by atoms with E-state index in [0.717, 1.165) is 13.0 Å². The van der Waals surface area contributed by atoms with Crippen molar-refractivity contribution in [2.24, 2.45) is 0 Å². The van der Waals surface area contributed by atoms with Crippen LogP contribution < -0.4 is 4.57 Å². The van der Waals surface area contributed by atoms with Crippen molar-refractivity contribution in [3.8, 4) is 0 Å². The first-order chi connectivity index (χ1) is 9.93. The molecule has 0 bridgehead atoms. The first-order valence-electron chi connectivity index (χ1n) is 7.65. The number of fused-ring (bicyclic) bond motifs is 1. The molecule has 20 heavy (non-hydrogen) atoms. The van der Waals surface area contributed by atoms with Gasteiger partial charge in [-0.15, -0.1) is 0 Å². The van der Waals surface area contributed by atoms with Crippen molar-refractivity contribution in [1.82, 2.24) is 0 Å². The number of benzene rings is 1. The monoisotopic (exact) mass is 264 g/mol. The smallest absolute Gasteiger partial charge is 0.168 e. The summed E-state index contributed by atoms with van der Waals surface area (Å²) >= 11 is 0. The van der Waals surface area contributed by atoms with Crippen molar-refractivity contribution in [2.75, 3.05) is 0 Å². The molecule has 0 aliphatic heterocycles. The minimum atomic E-state index is 1.13. The van der Waals surface area contributed by atoms with Crippen LogP contribution in [0.25, 0.3) is 5.57 Å². The number of aryl methyl sites for hydroxylation is 1. The highest BCUT2D eigenvalue weighted by atomic mass is 14.9. The molecule has 0 amide bonds. The molecular weight excluding hydrogens is 242 g/mol. The second-order valence-corrected chi connectivity index (χ2v) is 5.51. The van der Waals surface area contributed by atoms with Crippen molar-refractivity contribution in [3.63, 3.8) is 0 Å². The number of pyridine rings is 1. The molecule has 102 valence electrons. The normalized spacial score (nSPS) is 13.1. The predicted octanol–water partition coefficient (Wildman–Crippen LogP) is 4.17. The first-order valence-corrected chi connectivity index (χ1v) is 7.65. The van der Waals surface area contributed by atoms with Gasteiger partial charge in [0.25, 0.3) is 0 Å². The quantitative estimate of drug-likeness (QED) is 0.544. The second kappa shape index (κ2) is 6.51. The van der Waals surface area contributed by atoms with Gasteiger partial charge in [-0.25, -0.2) is 4.57 Å².